The van der Waals surface area contributed by atoms with Gasteiger partial charge in [-0.2, -0.15) is 0 Å². The molecule has 0 spiro atoms. The second kappa shape index (κ2) is 7.62. The van der Waals surface area contributed by atoms with Crippen molar-refractivity contribution in [2.45, 2.75) is 19.6 Å². The van der Waals surface area contributed by atoms with Gasteiger partial charge in [-0.05, 0) is 45.3 Å². The molecule has 2 nitrogen and oxygen atoms in total. The van der Waals surface area contributed by atoms with E-state index in [-0.39, 0.29) is 12.6 Å². The molecule has 4 heteroatoms. The van der Waals surface area contributed by atoms with Gasteiger partial charge in [0.2, 0.25) is 0 Å². The Morgan fingerprint density at radius 3 is 2.14 bits per heavy atom. The Labute approximate surface area is 171 Å². The third-order valence-electron chi connectivity index (χ3n) is 5.24. The second-order valence-corrected chi connectivity index (χ2v) is 13.3. The number of ether oxygens (including phenoxy) is 2. The molecule has 0 saturated carbocycles. The van der Waals surface area contributed by atoms with E-state index in [2.05, 4.69) is 62.1 Å². The van der Waals surface area contributed by atoms with Crippen molar-refractivity contribution in [3.63, 3.8) is 0 Å². The summed E-state index contributed by atoms with van der Waals surface area (Å²) in [7, 11) is -0.432. The first-order valence-corrected chi connectivity index (χ1v) is 13.3. The van der Waals surface area contributed by atoms with Crippen molar-refractivity contribution < 1.29 is 13.9 Å². The average molecular weight is 405 g/mol. The quantitative estimate of drug-likeness (QED) is 0.220. The molecule has 0 heterocycles. The first-order valence-electron chi connectivity index (χ1n) is 9.77. The number of fused-ring (bicyclic) bond motifs is 3. The van der Waals surface area contributed by atoms with E-state index in [1.54, 1.807) is 13.2 Å². The molecule has 0 amide bonds. The molecule has 4 aromatic carbocycles. The summed E-state index contributed by atoms with van der Waals surface area (Å²) in [5.41, 5.74) is 1.95. The molecule has 0 unspecified atom stereocenters. The Hall–Kier alpha value is -2.69. The number of methoxy groups -OCH3 is 1. The molecule has 0 aliphatic rings. The van der Waals surface area contributed by atoms with Crippen LogP contribution in [0.4, 0.5) is 4.39 Å². The van der Waals surface area contributed by atoms with Gasteiger partial charge in [0.15, 0.2) is 6.79 Å². The lowest BCUT2D eigenvalue weighted by molar-refractivity contribution is 0.0521. The zero-order chi connectivity index (χ0) is 20.6. The maximum Gasteiger partial charge on any atom is 0.188 e. The Morgan fingerprint density at radius 1 is 0.793 bits per heavy atom. The molecular weight excluding hydrogens is 379 g/mol. The molecule has 0 aliphatic heterocycles. The average Bonchev–Trinajstić information content (AvgIpc) is 2.71. The number of benzene rings is 4. The van der Waals surface area contributed by atoms with Crippen LogP contribution in [0.1, 0.15) is 0 Å². The molecule has 0 aliphatic carbocycles. The van der Waals surface area contributed by atoms with E-state index < -0.39 is 8.07 Å². The number of hydrogen-bond donors (Lipinski definition) is 0. The molecule has 4 aromatic rings. The van der Waals surface area contributed by atoms with Gasteiger partial charge in [0.25, 0.3) is 0 Å². The van der Waals surface area contributed by atoms with Crippen LogP contribution in [0.25, 0.3) is 32.7 Å². The van der Waals surface area contributed by atoms with Crippen molar-refractivity contribution in [3.8, 4) is 16.9 Å². The van der Waals surface area contributed by atoms with Crippen LogP contribution in [0.5, 0.6) is 5.75 Å². The minimum Gasteiger partial charge on any atom is -0.467 e. The maximum atomic E-state index is 14.9. The maximum absolute atomic E-state index is 14.9. The first-order chi connectivity index (χ1) is 13.9. The molecule has 0 radical (unpaired) electrons. The van der Waals surface area contributed by atoms with Crippen molar-refractivity contribution in [1.82, 2.24) is 0 Å². The van der Waals surface area contributed by atoms with E-state index in [0.29, 0.717) is 10.9 Å². The van der Waals surface area contributed by atoms with E-state index in [9.17, 15) is 4.39 Å². The van der Waals surface area contributed by atoms with Crippen LogP contribution in [-0.2, 0) is 4.74 Å². The van der Waals surface area contributed by atoms with Gasteiger partial charge in [-0.15, -0.1) is 0 Å². The summed E-state index contributed by atoms with van der Waals surface area (Å²) < 4.78 is 26.1. The van der Waals surface area contributed by atoms with Crippen LogP contribution < -0.4 is 9.92 Å². The van der Waals surface area contributed by atoms with E-state index in [1.807, 2.05) is 18.2 Å². The summed E-state index contributed by atoms with van der Waals surface area (Å²) in [6.07, 6.45) is 0. The number of halogens is 1. The molecule has 0 atom stereocenters. The van der Waals surface area contributed by atoms with Crippen molar-refractivity contribution in [2.75, 3.05) is 13.9 Å². The second-order valence-electron chi connectivity index (χ2n) is 8.29. The summed E-state index contributed by atoms with van der Waals surface area (Å²) in [6.45, 7) is 6.48. The Balaban J connectivity index is 2.10. The zero-order valence-electron chi connectivity index (χ0n) is 17.3. The lowest BCUT2D eigenvalue weighted by atomic mass is 9.93. The topological polar surface area (TPSA) is 18.5 Å². The highest BCUT2D eigenvalue weighted by atomic mass is 28.3. The van der Waals surface area contributed by atoms with Gasteiger partial charge in [0.1, 0.15) is 11.6 Å². The van der Waals surface area contributed by atoms with E-state index in [0.717, 1.165) is 21.9 Å². The van der Waals surface area contributed by atoms with Gasteiger partial charge in [-0.3, -0.25) is 0 Å². The van der Waals surface area contributed by atoms with Gasteiger partial charge in [0, 0.05) is 17.9 Å². The van der Waals surface area contributed by atoms with Gasteiger partial charge in [0.05, 0.1) is 8.07 Å². The van der Waals surface area contributed by atoms with Crippen molar-refractivity contribution in [3.05, 3.63) is 72.5 Å². The third-order valence-corrected chi connectivity index (χ3v) is 7.20. The SMILES string of the molecule is COCOc1c(-c2cc3ccccc3c3ccccc23)ccc(F)c1[Si](C)(C)C. The normalized spacial score (nSPS) is 11.9. The van der Waals surface area contributed by atoms with Gasteiger partial charge in [-0.25, -0.2) is 4.39 Å². The van der Waals surface area contributed by atoms with E-state index in [1.165, 1.54) is 10.8 Å². The smallest absolute Gasteiger partial charge is 0.188 e. The van der Waals surface area contributed by atoms with E-state index in [4.69, 9.17) is 9.47 Å². The van der Waals surface area contributed by atoms with Gasteiger partial charge >= 0.3 is 0 Å². The first kappa shape index (κ1) is 19.6. The highest BCUT2D eigenvalue weighted by Gasteiger charge is 2.28. The summed E-state index contributed by atoms with van der Waals surface area (Å²) in [5, 5.41) is 5.36. The molecule has 0 fully saturated rings. The van der Waals surface area contributed by atoms with Crippen LogP contribution >= 0.6 is 0 Å². The zero-order valence-corrected chi connectivity index (χ0v) is 18.3. The lowest BCUT2D eigenvalue weighted by Crippen LogP contribution is -2.41. The molecule has 4 rings (SSSR count). The van der Waals surface area contributed by atoms with E-state index >= 15 is 0 Å². The Kier molecular flexibility index (Phi) is 5.15. The molecule has 0 saturated heterocycles. The fourth-order valence-electron chi connectivity index (χ4n) is 4.01. The van der Waals surface area contributed by atoms with Gasteiger partial charge < -0.3 is 9.47 Å². The summed E-state index contributed by atoms with van der Waals surface area (Å²) in [6, 6.07) is 22.3. The predicted molar refractivity (Wildman–Crippen MR) is 122 cm³/mol. The molecule has 0 aromatic heterocycles. The monoisotopic (exact) mass is 404 g/mol. The number of hydrogen-bond acceptors (Lipinski definition) is 2. The minimum absolute atomic E-state index is 0.0828. The molecule has 148 valence electrons. The van der Waals surface area contributed by atoms with Crippen LogP contribution in [0.2, 0.25) is 19.6 Å². The fraction of sp³-hybridized carbons (Fsp3) is 0.200. The Bertz CT molecular complexity index is 1190. The molecule has 29 heavy (non-hydrogen) atoms. The van der Waals surface area contributed by atoms with Gasteiger partial charge in [-0.1, -0.05) is 68.2 Å². The van der Waals surface area contributed by atoms with Crippen molar-refractivity contribution >= 4 is 34.8 Å². The lowest BCUT2D eigenvalue weighted by Gasteiger charge is -2.24. The van der Waals surface area contributed by atoms with Crippen LogP contribution in [0.15, 0.2) is 66.7 Å². The summed E-state index contributed by atoms with van der Waals surface area (Å²) >= 11 is 0. The Morgan fingerprint density at radius 2 is 1.45 bits per heavy atom. The van der Waals surface area contributed by atoms with Crippen LogP contribution in [0.3, 0.4) is 0 Å². The number of rotatable bonds is 5. The van der Waals surface area contributed by atoms with Crippen LogP contribution in [0, 0.1) is 5.82 Å². The van der Waals surface area contributed by atoms with Crippen molar-refractivity contribution in [2.24, 2.45) is 0 Å². The molecular formula is C25H25FO2Si. The predicted octanol–water partition coefficient (Wildman–Crippen LogP) is 6.33. The largest absolute Gasteiger partial charge is 0.467 e. The molecule has 0 N–H and O–H groups in total. The summed E-state index contributed by atoms with van der Waals surface area (Å²) in [5.74, 6) is 0.399. The fourth-order valence-corrected chi connectivity index (χ4v) is 5.70. The summed E-state index contributed by atoms with van der Waals surface area (Å²) in [4.78, 5) is 0. The highest BCUT2D eigenvalue weighted by Crippen LogP contribution is 2.39. The highest BCUT2D eigenvalue weighted by molar-refractivity contribution is 6.89. The molecule has 0 bridgehead atoms. The minimum atomic E-state index is -2.01. The third kappa shape index (κ3) is 3.54. The van der Waals surface area contributed by atoms with Crippen LogP contribution in [-0.4, -0.2) is 22.0 Å². The van der Waals surface area contributed by atoms with Crippen molar-refractivity contribution in [1.29, 1.82) is 0 Å². The standard InChI is InChI=1S/C25H25FO2Si/c1-27-16-28-24-21(13-14-23(26)25(24)29(2,3)4)22-15-17-9-5-6-10-18(17)19-11-7-8-12-20(19)22/h5-15H,16H2,1-4H3.